The smallest absolute Gasteiger partial charge is 0.335 e. The molecule has 0 bridgehead atoms. The second kappa shape index (κ2) is 6.55. The van der Waals surface area contributed by atoms with Crippen LogP contribution in [0.15, 0.2) is 52.8 Å². The Morgan fingerprint density at radius 2 is 2.00 bits per heavy atom. The van der Waals surface area contributed by atoms with E-state index in [1.807, 2.05) is 30.5 Å². The van der Waals surface area contributed by atoms with Crippen LogP contribution < -0.4 is 5.32 Å². The van der Waals surface area contributed by atoms with Gasteiger partial charge in [0, 0.05) is 16.5 Å². The molecule has 0 saturated heterocycles. The number of rotatable bonds is 3. The SMILES string of the molecule is CC1N=C(c2nc(-c3ccc(C(=O)O)cc3)cs2)Nc2c(Cl)cccc21. The quantitative estimate of drug-likeness (QED) is 0.660. The number of para-hydroxylation sites is 1. The largest absolute Gasteiger partial charge is 0.478 e. The summed E-state index contributed by atoms with van der Waals surface area (Å²) < 4.78 is 0. The van der Waals surface area contributed by atoms with Crippen molar-refractivity contribution in [3.8, 4) is 11.3 Å². The number of anilines is 1. The first kappa shape index (κ1) is 16.8. The number of carboxylic acid groups (broad SMARTS) is 1. The van der Waals surface area contributed by atoms with Crippen LogP contribution in [0.2, 0.25) is 5.02 Å². The summed E-state index contributed by atoms with van der Waals surface area (Å²) in [6.07, 6.45) is 0. The summed E-state index contributed by atoms with van der Waals surface area (Å²) in [5, 5.41) is 15.6. The standard InChI is InChI=1S/C19H14ClN3O2S/c1-10-13-3-2-4-14(20)16(13)23-17(21-10)18-22-15(9-26-18)11-5-7-12(8-6-11)19(24)25/h2-10H,1H3,(H,21,23)(H,24,25). The van der Waals surface area contributed by atoms with Crippen molar-refractivity contribution in [2.45, 2.75) is 13.0 Å². The van der Waals surface area contributed by atoms with E-state index in [1.165, 1.54) is 11.3 Å². The first-order valence-electron chi connectivity index (χ1n) is 7.96. The van der Waals surface area contributed by atoms with Crippen LogP contribution in [0.4, 0.5) is 5.69 Å². The summed E-state index contributed by atoms with van der Waals surface area (Å²) in [6.45, 7) is 2.02. The third-order valence-electron chi connectivity index (χ3n) is 4.20. The van der Waals surface area contributed by atoms with Gasteiger partial charge in [-0.15, -0.1) is 11.3 Å². The number of carboxylic acids is 1. The number of benzene rings is 2. The molecule has 1 aliphatic rings. The van der Waals surface area contributed by atoms with E-state index in [0.717, 1.165) is 27.5 Å². The van der Waals surface area contributed by atoms with Crippen LogP contribution in [-0.4, -0.2) is 21.9 Å². The highest BCUT2D eigenvalue weighted by Gasteiger charge is 2.22. The summed E-state index contributed by atoms with van der Waals surface area (Å²) in [5.41, 5.74) is 3.82. The molecule has 0 spiro atoms. The maximum absolute atomic E-state index is 11.0. The Kier molecular flexibility index (Phi) is 4.22. The molecule has 0 fully saturated rings. The minimum Gasteiger partial charge on any atom is -0.478 e. The maximum Gasteiger partial charge on any atom is 0.335 e. The fourth-order valence-corrected chi connectivity index (χ4v) is 3.85. The molecule has 26 heavy (non-hydrogen) atoms. The molecule has 2 N–H and O–H groups in total. The lowest BCUT2D eigenvalue weighted by molar-refractivity contribution is 0.0697. The fourth-order valence-electron chi connectivity index (χ4n) is 2.84. The predicted octanol–water partition coefficient (Wildman–Crippen LogP) is 5.10. The molecule has 0 radical (unpaired) electrons. The Morgan fingerprint density at radius 1 is 1.23 bits per heavy atom. The molecule has 0 aliphatic carbocycles. The van der Waals surface area contributed by atoms with Gasteiger partial charge in [-0.1, -0.05) is 35.9 Å². The number of halogens is 1. The number of nitrogens with zero attached hydrogens (tertiary/aromatic N) is 2. The second-order valence-corrected chi connectivity index (χ2v) is 7.17. The third-order valence-corrected chi connectivity index (χ3v) is 5.36. The number of amidine groups is 1. The molecular formula is C19H14ClN3O2S. The van der Waals surface area contributed by atoms with Gasteiger partial charge in [0.25, 0.3) is 0 Å². The predicted molar refractivity (Wildman–Crippen MR) is 105 cm³/mol. The van der Waals surface area contributed by atoms with Gasteiger partial charge >= 0.3 is 5.97 Å². The van der Waals surface area contributed by atoms with Crippen LogP contribution in [0.3, 0.4) is 0 Å². The van der Waals surface area contributed by atoms with Crippen LogP contribution in [0.25, 0.3) is 11.3 Å². The van der Waals surface area contributed by atoms with Crippen LogP contribution in [-0.2, 0) is 0 Å². The average Bonchev–Trinajstić information content (AvgIpc) is 3.13. The number of thiazole rings is 1. The van der Waals surface area contributed by atoms with Gasteiger partial charge in [0.15, 0.2) is 10.8 Å². The number of aliphatic imine (C=N–C) groups is 1. The van der Waals surface area contributed by atoms with E-state index >= 15 is 0 Å². The molecule has 2 heterocycles. The molecule has 1 unspecified atom stereocenters. The zero-order valence-corrected chi connectivity index (χ0v) is 15.3. The maximum atomic E-state index is 11.0. The van der Waals surface area contributed by atoms with Crippen LogP contribution in [0, 0.1) is 0 Å². The van der Waals surface area contributed by atoms with Gasteiger partial charge in [-0.25, -0.2) is 9.78 Å². The molecule has 0 saturated carbocycles. The first-order chi connectivity index (χ1) is 12.5. The monoisotopic (exact) mass is 383 g/mol. The van der Waals surface area contributed by atoms with E-state index in [0.29, 0.717) is 10.9 Å². The van der Waals surface area contributed by atoms with E-state index in [2.05, 4.69) is 10.3 Å². The van der Waals surface area contributed by atoms with Crippen molar-refractivity contribution in [2.24, 2.45) is 4.99 Å². The van der Waals surface area contributed by atoms with Crippen LogP contribution in [0.5, 0.6) is 0 Å². The third kappa shape index (κ3) is 2.98. The summed E-state index contributed by atoms with van der Waals surface area (Å²) >= 11 is 7.80. The first-order valence-corrected chi connectivity index (χ1v) is 9.21. The van der Waals surface area contributed by atoms with Crippen molar-refractivity contribution in [1.29, 1.82) is 0 Å². The minimum absolute atomic E-state index is 0.0119. The van der Waals surface area contributed by atoms with E-state index < -0.39 is 5.97 Å². The molecule has 7 heteroatoms. The number of hydrogen-bond donors (Lipinski definition) is 2. The highest BCUT2D eigenvalue weighted by Crippen LogP contribution is 2.36. The highest BCUT2D eigenvalue weighted by molar-refractivity contribution is 7.12. The molecular weight excluding hydrogens is 370 g/mol. The zero-order valence-electron chi connectivity index (χ0n) is 13.7. The zero-order chi connectivity index (χ0) is 18.3. The van der Waals surface area contributed by atoms with E-state index in [-0.39, 0.29) is 11.6 Å². The molecule has 1 aromatic heterocycles. The summed E-state index contributed by atoms with van der Waals surface area (Å²) in [6, 6.07) is 12.4. The van der Waals surface area contributed by atoms with Gasteiger partial charge in [0.1, 0.15) is 0 Å². The van der Waals surface area contributed by atoms with Crippen molar-refractivity contribution in [3.05, 3.63) is 69.0 Å². The molecule has 5 nitrogen and oxygen atoms in total. The van der Waals surface area contributed by atoms with Gasteiger partial charge in [-0.05, 0) is 25.1 Å². The number of nitrogens with one attached hydrogen (secondary N) is 1. The molecule has 1 aliphatic heterocycles. The molecule has 3 aromatic rings. The lowest BCUT2D eigenvalue weighted by Gasteiger charge is -2.22. The summed E-state index contributed by atoms with van der Waals surface area (Å²) in [4.78, 5) is 20.3. The van der Waals surface area contributed by atoms with E-state index in [4.69, 9.17) is 21.7 Å². The average molecular weight is 384 g/mol. The lowest BCUT2D eigenvalue weighted by atomic mass is 10.0. The Labute approximate surface area is 159 Å². The lowest BCUT2D eigenvalue weighted by Crippen LogP contribution is -2.20. The Bertz CT molecular complexity index is 1030. The Balaban J connectivity index is 1.64. The van der Waals surface area contributed by atoms with Gasteiger partial charge in [-0.2, -0.15) is 0 Å². The number of fused-ring (bicyclic) bond motifs is 1. The molecule has 130 valence electrons. The van der Waals surface area contributed by atoms with E-state index in [9.17, 15) is 4.79 Å². The molecule has 0 amide bonds. The van der Waals surface area contributed by atoms with Gasteiger partial charge in [0.2, 0.25) is 0 Å². The van der Waals surface area contributed by atoms with Gasteiger partial charge in [-0.3, -0.25) is 4.99 Å². The Morgan fingerprint density at radius 3 is 2.73 bits per heavy atom. The molecule has 2 aromatic carbocycles. The van der Waals surface area contributed by atoms with Crippen LogP contribution >= 0.6 is 22.9 Å². The number of hydrogen-bond acceptors (Lipinski definition) is 5. The molecule has 1 atom stereocenters. The van der Waals surface area contributed by atoms with Gasteiger partial charge in [0.05, 0.1) is 28.0 Å². The number of carbonyl (C=O) groups is 1. The number of aromatic carboxylic acids is 1. The fraction of sp³-hybridized carbons (Fsp3) is 0.105. The molecule has 4 rings (SSSR count). The highest BCUT2D eigenvalue weighted by atomic mass is 35.5. The summed E-state index contributed by atoms with van der Waals surface area (Å²) in [7, 11) is 0. The van der Waals surface area contributed by atoms with Crippen molar-refractivity contribution in [2.75, 3.05) is 5.32 Å². The van der Waals surface area contributed by atoms with Crippen molar-refractivity contribution >= 4 is 40.4 Å². The summed E-state index contributed by atoms with van der Waals surface area (Å²) in [5.74, 6) is -0.252. The topological polar surface area (TPSA) is 74.6 Å². The van der Waals surface area contributed by atoms with Crippen LogP contribution in [0.1, 0.15) is 33.9 Å². The van der Waals surface area contributed by atoms with Crippen molar-refractivity contribution in [3.63, 3.8) is 0 Å². The normalized spacial score (nSPS) is 15.8. The van der Waals surface area contributed by atoms with E-state index in [1.54, 1.807) is 24.3 Å². The second-order valence-electron chi connectivity index (χ2n) is 5.90. The van der Waals surface area contributed by atoms with Gasteiger partial charge < -0.3 is 10.4 Å². The number of aromatic nitrogens is 1. The Hall–Kier alpha value is -2.70. The minimum atomic E-state index is -0.944. The van der Waals surface area contributed by atoms with Crippen molar-refractivity contribution in [1.82, 2.24) is 4.98 Å². The van der Waals surface area contributed by atoms with Crippen molar-refractivity contribution < 1.29 is 9.90 Å².